The van der Waals surface area contributed by atoms with E-state index in [2.05, 4.69) is 10.1 Å². The van der Waals surface area contributed by atoms with Gasteiger partial charge in [-0.25, -0.2) is 4.79 Å². The van der Waals surface area contributed by atoms with Crippen LogP contribution >= 0.6 is 0 Å². The van der Waals surface area contributed by atoms with Gasteiger partial charge in [0.2, 0.25) is 5.91 Å². The number of hydrogen-bond donors (Lipinski definition) is 1. The topological polar surface area (TPSA) is 75.7 Å². The van der Waals surface area contributed by atoms with Crippen LogP contribution in [0, 0.1) is 0 Å². The smallest absolute Gasteiger partial charge is 0.396 e. The number of benzene rings is 1. The van der Waals surface area contributed by atoms with Gasteiger partial charge in [-0.1, -0.05) is 30.3 Å². The molecule has 1 fully saturated rings. The Morgan fingerprint density at radius 1 is 1.13 bits per heavy atom. The number of nitrogens with one attached hydrogen (secondary N) is 1. The predicted molar refractivity (Wildman–Crippen MR) is 84.4 cm³/mol. The minimum absolute atomic E-state index is 0.113. The first-order valence-corrected chi connectivity index (χ1v) is 7.95. The van der Waals surface area contributed by atoms with Crippen LogP contribution in [0.25, 0.3) is 0 Å². The van der Waals surface area contributed by atoms with Gasteiger partial charge in [-0.05, 0) is 31.7 Å². The quantitative estimate of drug-likeness (QED) is 0.673. The van der Waals surface area contributed by atoms with Gasteiger partial charge in [-0.15, -0.1) is 0 Å². The van der Waals surface area contributed by atoms with Crippen LogP contribution in [0.5, 0.6) is 0 Å². The third-order valence-electron chi connectivity index (χ3n) is 3.78. The van der Waals surface area contributed by atoms with Gasteiger partial charge in [0.05, 0.1) is 6.61 Å². The first-order chi connectivity index (χ1) is 11.1. The zero-order valence-electron chi connectivity index (χ0n) is 13.3. The maximum Gasteiger partial charge on any atom is 0.396 e. The summed E-state index contributed by atoms with van der Waals surface area (Å²) < 4.78 is 4.69. The Kier molecular flexibility index (Phi) is 6.14. The van der Waals surface area contributed by atoms with E-state index in [-0.39, 0.29) is 12.5 Å². The minimum Gasteiger partial charge on any atom is -0.459 e. The molecule has 1 aliphatic rings. The van der Waals surface area contributed by atoms with Gasteiger partial charge in [-0.2, -0.15) is 0 Å². The second-order valence-electron chi connectivity index (χ2n) is 5.42. The Labute approximate surface area is 135 Å². The highest BCUT2D eigenvalue weighted by molar-refractivity contribution is 6.32. The lowest BCUT2D eigenvalue weighted by molar-refractivity contribution is -0.155. The molecule has 0 unspecified atom stereocenters. The van der Waals surface area contributed by atoms with Crippen molar-refractivity contribution in [2.45, 2.75) is 32.2 Å². The van der Waals surface area contributed by atoms with Crippen LogP contribution in [-0.2, 0) is 19.1 Å². The fourth-order valence-corrected chi connectivity index (χ4v) is 2.62. The van der Waals surface area contributed by atoms with Crippen molar-refractivity contribution < 1.29 is 19.1 Å². The Hall–Kier alpha value is -2.37. The average Bonchev–Trinajstić information content (AvgIpc) is 2.60. The molecule has 124 valence electrons. The lowest BCUT2D eigenvalue weighted by Gasteiger charge is -2.30. The van der Waals surface area contributed by atoms with E-state index in [1.807, 2.05) is 6.07 Å². The van der Waals surface area contributed by atoms with Gasteiger partial charge in [0.25, 0.3) is 0 Å². The number of nitrogens with zero attached hydrogens (tertiary/aromatic N) is 1. The Balaban J connectivity index is 2.16. The monoisotopic (exact) mass is 318 g/mol. The third-order valence-corrected chi connectivity index (χ3v) is 3.78. The molecular weight excluding hydrogens is 296 g/mol. The molecule has 1 aromatic rings. The van der Waals surface area contributed by atoms with Crippen molar-refractivity contribution in [2.24, 2.45) is 0 Å². The number of likely N-dealkylation sites (tertiary alicyclic amines) is 1. The zero-order chi connectivity index (χ0) is 16.7. The van der Waals surface area contributed by atoms with Crippen molar-refractivity contribution in [2.75, 3.05) is 19.7 Å². The summed E-state index contributed by atoms with van der Waals surface area (Å²) in [5, 5.41) is 2.51. The summed E-state index contributed by atoms with van der Waals surface area (Å²) in [7, 11) is 0. The highest BCUT2D eigenvalue weighted by Crippen LogP contribution is 2.19. The van der Waals surface area contributed by atoms with Gasteiger partial charge in [0.15, 0.2) is 0 Å². The lowest BCUT2D eigenvalue weighted by Crippen LogP contribution is -2.46. The number of carbonyl (C=O) groups excluding carboxylic acids is 3. The molecule has 1 heterocycles. The summed E-state index contributed by atoms with van der Waals surface area (Å²) >= 11 is 0. The molecule has 1 aliphatic heterocycles. The lowest BCUT2D eigenvalue weighted by atomic mass is 10.0. The number of amides is 2. The van der Waals surface area contributed by atoms with E-state index in [1.54, 1.807) is 36.1 Å². The maximum absolute atomic E-state index is 12.8. The van der Waals surface area contributed by atoms with Gasteiger partial charge < -0.3 is 15.0 Å². The fourth-order valence-electron chi connectivity index (χ4n) is 2.62. The van der Waals surface area contributed by atoms with Crippen LogP contribution in [0.4, 0.5) is 0 Å². The molecule has 1 aromatic carbocycles. The summed E-state index contributed by atoms with van der Waals surface area (Å²) in [6.07, 6.45) is 3.02. The number of hydrogen-bond acceptors (Lipinski definition) is 4. The van der Waals surface area contributed by atoms with Crippen LogP contribution in [0.2, 0.25) is 0 Å². The highest BCUT2D eigenvalue weighted by atomic mass is 16.5. The summed E-state index contributed by atoms with van der Waals surface area (Å²) in [6.45, 7) is 3.09. The normalized spacial score (nSPS) is 15.6. The van der Waals surface area contributed by atoms with E-state index < -0.39 is 17.9 Å². The summed E-state index contributed by atoms with van der Waals surface area (Å²) in [6, 6.07) is 8.07. The van der Waals surface area contributed by atoms with Gasteiger partial charge in [-0.3, -0.25) is 9.59 Å². The number of piperidine rings is 1. The van der Waals surface area contributed by atoms with Gasteiger partial charge >= 0.3 is 11.9 Å². The molecule has 2 amide bonds. The number of ether oxygens (including phenoxy) is 1. The zero-order valence-corrected chi connectivity index (χ0v) is 13.3. The van der Waals surface area contributed by atoms with E-state index >= 15 is 0 Å². The first-order valence-electron chi connectivity index (χ1n) is 7.95. The molecule has 1 atom stereocenters. The van der Waals surface area contributed by atoms with E-state index in [4.69, 9.17) is 0 Å². The molecule has 0 spiro atoms. The van der Waals surface area contributed by atoms with Crippen molar-refractivity contribution >= 4 is 17.8 Å². The van der Waals surface area contributed by atoms with Crippen molar-refractivity contribution in [3.8, 4) is 0 Å². The van der Waals surface area contributed by atoms with E-state index in [0.29, 0.717) is 18.7 Å². The molecule has 0 saturated carbocycles. The molecule has 0 bridgehead atoms. The van der Waals surface area contributed by atoms with Gasteiger partial charge in [0.1, 0.15) is 6.04 Å². The summed E-state index contributed by atoms with van der Waals surface area (Å²) in [5.41, 5.74) is 0.653. The van der Waals surface area contributed by atoms with E-state index in [9.17, 15) is 14.4 Å². The second-order valence-corrected chi connectivity index (χ2v) is 5.42. The first kappa shape index (κ1) is 17.0. The second kappa shape index (κ2) is 8.31. The number of rotatable bonds is 4. The Bertz CT molecular complexity index is 553. The van der Waals surface area contributed by atoms with Crippen LogP contribution in [0.1, 0.15) is 37.8 Å². The molecule has 1 saturated heterocycles. The SMILES string of the molecule is CCOC(=O)C(=O)N[C@H](C(=O)N1CCCCC1)c1ccccc1. The molecule has 0 aromatic heterocycles. The highest BCUT2D eigenvalue weighted by Gasteiger charge is 2.30. The molecule has 6 nitrogen and oxygen atoms in total. The largest absolute Gasteiger partial charge is 0.459 e. The summed E-state index contributed by atoms with van der Waals surface area (Å²) in [5.74, 6) is -2.06. The Morgan fingerprint density at radius 3 is 2.39 bits per heavy atom. The third kappa shape index (κ3) is 4.55. The summed E-state index contributed by atoms with van der Waals surface area (Å²) in [4.78, 5) is 38.0. The fraction of sp³-hybridized carbons (Fsp3) is 0.471. The molecule has 6 heteroatoms. The molecular formula is C17H22N2O4. The molecule has 1 N–H and O–H groups in total. The number of esters is 1. The van der Waals surface area contributed by atoms with Crippen molar-refractivity contribution in [1.82, 2.24) is 10.2 Å². The van der Waals surface area contributed by atoms with Crippen LogP contribution in [-0.4, -0.2) is 42.4 Å². The van der Waals surface area contributed by atoms with Crippen LogP contribution in [0.15, 0.2) is 30.3 Å². The van der Waals surface area contributed by atoms with Crippen molar-refractivity contribution in [1.29, 1.82) is 0 Å². The average molecular weight is 318 g/mol. The minimum atomic E-state index is -0.972. The molecule has 0 radical (unpaired) electrons. The molecule has 0 aliphatic carbocycles. The maximum atomic E-state index is 12.8. The standard InChI is InChI=1S/C17H22N2O4/c1-2-23-17(22)15(20)18-14(13-9-5-3-6-10-13)16(21)19-11-7-4-8-12-19/h3,5-6,9-10,14H,2,4,7-8,11-12H2,1H3,(H,18,20)/t14-/m0/s1. The van der Waals surface area contributed by atoms with Crippen molar-refractivity contribution in [3.63, 3.8) is 0 Å². The van der Waals surface area contributed by atoms with Gasteiger partial charge in [0, 0.05) is 13.1 Å². The van der Waals surface area contributed by atoms with Crippen LogP contribution < -0.4 is 5.32 Å². The number of carbonyl (C=O) groups is 3. The van der Waals surface area contributed by atoms with E-state index in [0.717, 1.165) is 19.3 Å². The molecule has 2 rings (SSSR count). The molecule has 23 heavy (non-hydrogen) atoms. The predicted octanol–water partition coefficient (Wildman–Crippen LogP) is 1.42. The Morgan fingerprint density at radius 2 is 1.78 bits per heavy atom. The van der Waals surface area contributed by atoms with Crippen molar-refractivity contribution in [3.05, 3.63) is 35.9 Å². The van der Waals surface area contributed by atoms with Crippen LogP contribution in [0.3, 0.4) is 0 Å². The van der Waals surface area contributed by atoms with E-state index in [1.165, 1.54) is 0 Å².